The van der Waals surface area contributed by atoms with Crippen LogP contribution in [0.25, 0.3) is 32.7 Å². The first-order valence-electron chi connectivity index (χ1n) is 13.2. The second-order valence-electron chi connectivity index (χ2n) is 10.1. The highest BCUT2D eigenvalue weighted by Crippen LogP contribution is 2.43. The third-order valence-electron chi connectivity index (χ3n) is 7.02. The van der Waals surface area contributed by atoms with Gasteiger partial charge in [0.15, 0.2) is 5.75 Å². The van der Waals surface area contributed by atoms with Crippen molar-refractivity contribution in [3.05, 3.63) is 132 Å². The molecule has 0 aromatic heterocycles. The summed E-state index contributed by atoms with van der Waals surface area (Å²) < 4.78 is 64.7. The fraction of sp³-hybridized carbons (Fsp3) is 0.0588. The second-order valence-corrected chi connectivity index (χ2v) is 13.1. The molecule has 0 heterocycles. The van der Waals surface area contributed by atoms with Gasteiger partial charge in [-0.15, -0.1) is 0 Å². The van der Waals surface area contributed by atoms with Gasteiger partial charge in [0, 0.05) is 5.56 Å². The van der Waals surface area contributed by atoms with Crippen LogP contribution in [0.1, 0.15) is 11.1 Å². The summed E-state index contributed by atoms with van der Waals surface area (Å²) >= 11 is 0. The lowest BCUT2D eigenvalue weighted by Gasteiger charge is -2.17. The minimum absolute atomic E-state index is 0.0262. The van der Waals surface area contributed by atoms with Gasteiger partial charge in [0.25, 0.3) is 0 Å². The molecule has 0 N–H and O–H groups in total. The van der Waals surface area contributed by atoms with E-state index < -0.39 is 20.2 Å². The molecule has 42 heavy (non-hydrogen) atoms. The Morgan fingerprint density at radius 3 is 1.64 bits per heavy atom. The van der Waals surface area contributed by atoms with E-state index in [1.807, 2.05) is 62.4 Å². The largest absolute Gasteiger partial charge is 0.379 e. The van der Waals surface area contributed by atoms with E-state index in [4.69, 9.17) is 8.37 Å². The summed E-state index contributed by atoms with van der Waals surface area (Å²) in [6, 6.07) is 34.5. The molecule has 6 nitrogen and oxygen atoms in total. The Kier molecular flexibility index (Phi) is 6.96. The first kappa shape index (κ1) is 27.5. The zero-order valence-electron chi connectivity index (χ0n) is 22.8. The quantitative estimate of drug-likeness (QED) is 0.175. The van der Waals surface area contributed by atoms with Crippen LogP contribution in [-0.2, 0) is 20.2 Å². The smallest absolute Gasteiger partial charge is 0.339 e. The highest BCUT2D eigenvalue weighted by atomic mass is 32.2. The molecular formula is C34H26O6S2. The topological polar surface area (TPSA) is 86.7 Å². The van der Waals surface area contributed by atoms with Crippen molar-refractivity contribution < 1.29 is 25.2 Å². The van der Waals surface area contributed by atoms with Crippen molar-refractivity contribution in [2.45, 2.75) is 23.6 Å². The molecule has 6 aromatic carbocycles. The highest BCUT2D eigenvalue weighted by Gasteiger charge is 2.23. The van der Waals surface area contributed by atoms with Gasteiger partial charge in [-0.2, -0.15) is 16.8 Å². The lowest BCUT2D eigenvalue weighted by Crippen LogP contribution is -2.11. The molecule has 0 atom stereocenters. The first-order valence-corrected chi connectivity index (χ1v) is 16.0. The monoisotopic (exact) mass is 594 g/mol. The molecular weight excluding hydrogens is 569 g/mol. The number of hydrogen-bond donors (Lipinski definition) is 0. The predicted octanol–water partition coefficient (Wildman–Crippen LogP) is 7.81. The SMILES string of the molecule is Cc1ccc(S(=O)(=O)Oc2cc(-c3c(OS(=O)(=O)c4ccc(C)cc4)ccc4ccccc34)c3ccccc3c2)cc1. The van der Waals surface area contributed by atoms with E-state index in [0.29, 0.717) is 16.5 Å². The molecule has 0 saturated carbocycles. The molecule has 0 unspecified atom stereocenters. The summed E-state index contributed by atoms with van der Waals surface area (Å²) in [6.45, 7) is 3.74. The maximum Gasteiger partial charge on any atom is 0.339 e. The van der Waals surface area contributed by atoms with Crippen molar-refractivity contribution in [3.8, 4) is 22.6 Å². The van der Waals surface area contributed by atoms with Crippen LogP contribution in [0.2, 0.25) is 0 Å². The summed E-state index contributed by atoms with van der Waals surface area (Å²) in [5.74, 6) is 0.197. The van der Waals surface area contributed by atoms with E-state index in [1.54, 1.807) is 48.5 Å². The van der Waals surface area contributed by atoms with Crippen molar-refractivity contribution in [3.63, 3.8) is 0 Å². The zero-order valence-corrected chi connectivity index (χ0v) is 24.4. The Hall–Kier alpha value is -4.66. The van der Waals surface area contributed by atoms with Crippen LogP contribution in [0.15, 0.2) is 131 Å². The van der Waals surface area contributed by atoms with E-state index in [9.17, 15) is 16.8 Å². The van der Waals surface area contributed by atoms with E-state index in [-0.39, 0.29) is 21.3 Å². The number of hydrogen-bond acceptors (Lipinski definition) is 6. The van der Waals surface area contributed by atoms with Crippen LogP contribution in [0.3, 0.4) is 0 Å². The summed E-state index contributed by atoms with van der Waals surface area (Å²) in [5.41, 5.74) is 2.90. The third kappa shape index (κ3) is 5.34. The third-order valence-corrected chi connectivity index (χ3v) is 9.53. The summed E-state index contributed by atoms with van der Waals surface area (Å²) in [6.07, 6.45) is 0. The summed E-state index contributed by atoms with van der Waals surface area (Å²) in [7, 11) is -8.33. The molecule has 0 saturated heterocycles. The standard InChI is InChI=1S/C34H26O6S2/c1-23-11-16-28(17-12-23)41(35,36)39-27-21-26-8-4-5-9-30(26)32(22-27)34-31-10-6-3-7-25(31)15-20-33(34)40-42(37,38)29-18-13-24(2)14-19-29/h3-22H,1-2H3. The van der Waals surface area contributed by atoms with Gasteiger partial charge in [0.05, 0.1) is 0 Å². The molecule has 0 aliphatic rings. The lowest BCUT2D eigenvalue weighted by atomic mass is 9.93. The van der Waals surface area contributed by atoms with Crippen LogP contribution in [0.4, 0.5) is 0 Å². The number of fused-ring (bicyclic) bond motifs is 2. The number of rotatable bonds is 7. The van der Waals surface area contributed by atoms with Gasteiger partial charge in [-0.25, -0.2) is 0 Å². The van der Waals surface area contributed by atoms with E-state index in [2.05, 4.69) is 0 Å². The van der Waals surface area contributed by atoms with Crippen LogP contribution in [0, 0.1) is 13.8 Å². The molecule has 0 aliphatic heterocycles. The normalized spacial score (nSPS) is 12.0. The van der Waals surface area contributed by atoms with Gasteiger partial charge in [0.1, 0.15) is 15.5 Å². The second kappa shape index (κ2) is 10.6. The van der Waals surface area contributed by atoms with Gasteiger partial charge in [-0.3, -0.25) is 0 Å². The summed E-state index contributed by atoms with van der Waals surface area (Å²) in [5, 5.41) is 3.07. The Morgan fingerprint density at radius 2 is 1.02 bits per heavy atom. The van der Waals surface area contributed by atoms with Crippen LogP contribution >= 0.6 is 0 Å². The molecule has 0 bridgehead atoms. The molecule has 6 rings (SSSR count). The van der Waals surface area contributed by atoms with Gasteiger partial charge < -0.3 is 8.37 Å². The predicted molar refractivity (Wildman–Crippen MR) is 165 cm³/mol. The van der Waals surface area contributed by atoms with Gasteiger partial charge in [-0.05, 0) is 83.4 Å². The minimum Gasteiger partial charge on any atom is -0.379 e. The molecule has 0 aliphatic carbocycles. The van der Waals surface area contributed by atoms with Gasteiger partial charge in [-0.1, -0.05) is 90.0 Å². The van der Waals surface area contributed by atoms with Gasteiger partial charge in [0.2, 0.25) is 0 Å². The van der Waals surface area contributed by atoms with Crippen LogP contribution in [-0.4, -0.2) is 16.8 Å². The van der Waals surface area contributed by atoms with Crippen molar-refractivity contribution in [1.82, 2.24) is 0 Å². The average molecular weight is 595 g/mol. The summed E-state index contributed by atoms with van der Waals surface area (Å²) in [4.78, 5) is 0.0551. The van der Waals surface area contributed by atoms with Gasteiger partial charge >= 0.3 is 20.2 Å². The van der Waals surface area contributed by atoms with E-state index in [0.717, 1.165) is 27.3 Å². The Balaban J connectivity index is 1.55. The van der Waals surface area contributed by atoms with Crippen LogP contribution in [0.5, 0.6) is 11.5 Å². The van der Waals surface area contributed by atoms with E-state index in [1.165, 1.54) is 24.3 Å². The molecule has 6 aromatic rings. The Morgan fingerprint density at radius 1 is 0.500 bits per heavy atom. The fourth-order valence-corrected chi connectivity index (χ4v) is 6.74. The molecule has 210 valence electrons. The number of aryl methyl sites for hydroxylation is 2. The molecule has 0 amide bonds. The fourth-order valence-electron chi connectivity index (χ4n) is 4.89. The van der Waals surface area contributed by atoms with Crippen molar-refractivity contribution in [1.29, 1.82) is 0 Å². The number of benzene rings is 6. The molecule has 0 radical (unpaired) electrons. The molecule has 8 heteroatoms. The van der Waals surface area contributed by atoms with Crippen molar-refractivity contribution in [2.75, 3.05) is 0 Å². The highest BCUT2D eigenvalue weighted by molar-refractivity contribution is 7.87. The lowest BCUT2D eigenvalue weighted by molar-refractivity contribution is 0.486. The van der Waals surface area contributed by atoms with Crippen molar-refractivity contribution in [2.24, 2.45) is 0 Å². The average Bonchev–Trinajstić information content (AvgIpc) is 2.97. The minimum atomic E-state index is -4.19. The van der Waals surface area contributed by atoms with Crippen LogP contribution < -0.4 is 8.37 Å². The Bertz CT molecular complexity index is 2170. The first-order chi connectivity index (χ1) is 20.1. The van der Waals surface area contributed by atoms with Crippen molar-refractivity contribution >= 4 is 41.8 Å². The Labute approximate surface area is 245 Å². The molecule has 0 spiro atoms. The molecule has 0 fully saturated rings. The maximum absolute atomic E-state index is 13.4. The maximum atomic E-state index is 13.4. The van der Waals surface area contributed by atoms with E-state index >= 15 is 0 Å². The zero-order chi connectivity index (χ0) is 29.5.